The maximum Gasteiger partial charge on any atom is 0.0343 e. The molecule has 210 valence electrons. The number of nitrogens with one attached hydrogen (secondary N) is 1. The Labute approximate surface area is 235 Å². The summed E-state index contributed by atoms with van der Waals surface area (Å²) in [5, 5.41) is 3.58. The van der Waals surface area contributed by atoms with Gasteiger partial charge in [0.1, 0.15) is 0 Å². The van der Waals surface area contributed by atoms with E-state index in [0.717, 1.165) is 18.4 Å². The van der Waals surface area contributed by atoms with Crippen molar-refractivity contribution in [1.82, 2.24) is 0 Å². The highest BCUT2D eigenvalue weighted by atomic mass is 14.9. The Kier molecular flexibility index (Phi) is 10.8. The maximum absolute atomic E-state index is 3.58. The van der Waals surface area contributed by atoms with Crippen LogP contribution in [-0.2, 0) is 0 Å². The van der Waals surface area contributed by atoms with Gasteiger partial charge < -0.3 is 5.32 Å². The van der Waals surface area contributed by atoms with Crippen molar-refractivity contribution in [1.29, 1.82) is 0 Å². The van der Waals surface area contributed by atoms with Gasteiger partial charge in [-0.2, -0.15) is 0 Å². The Bertz CT molecular complexity index is 990. The van der Waals surface area contributed by atoms with Crippen LogP contribution in [0.2, 0.25) is 0 Å². The molecule has 0 heterocycles. The molecule has 0 aliphatic heterocycles. The molecule has 0 bridgehead atoms. The van der Waals surface area contributed by atoms with Crippen molar-refractivity contribution in [2.75, 3.05) is 11.9 Å². The Morgan fingerprint density at radius 1 is 0.816 bits per heavy atom. The van der Waals surface area contributed by atoms with Crippen molar-refractivity contribution >= 4 is 5.69 Å². The number of aryl methyl sites for hydroxylation is 2. The van der Waals surface area contributed by atoms with Gasteiger partial charge in [0.25, 0.3) is 0 Å². The van der Waals surface area contributed by atoms with Crippen LogP contribution in [0.5, 0.6) is 0 Å². The number of unbranched alkanes of at least 4 members (excludes halogenated alkanes) is 3. The second-order valence-corrected chi connectivity index (χ2v) is 13.2. The summed E-state index contributed by atoms with van der Waals surface area (Å²) < 4.78 is 0. The zero-order valence-electron chi connectivity index (χ0n) is 25.5. The van der Waals surface area contributed by atoms with E-state index in [1.165, 1.54) is 124 Å². The van der Waals surface area contributed by atoms with Crippen LogP contribution in [0, 0.1) is 31.1 Å². The van der Waals surface area contributed by atoms with Crippen LogP contribution < -0.4 is 5.32 Å². The first-order valence-corrected chi connectivity index (χ1v) is 16.4. The molecule has 2 saturated carbocycles. The molecule has 0 radical (unpaired) electrons. The summed E-state index contributed by atoms with van der Waals surface area (Å²) >= 11 is 0. The van der Waals surface area contributed by atoms with Gasteiger partial charge in [0, 0.05) is 12.2 Å². The molecule has 1 unspecified atom stereocenters. The molecule has 2 aromatic carbocycles. The third-order valence-corrected chi connectivity index (χ3v) is 10.6. The summed E-state index contributed by atoms with van der Waals surface area (Å²) in [7, 11) is 0. The summed E-state index contributed by atoms with van der Waals surface area (Å²) in [6, 6.07) is 14.2. The van der Waals surface area contributed by atoms with E-state index in [2.05, 4.69) is 76.3 Å². The van der Waals surface area contributed by atoms with Crippen molar-refractivity contribution in [2.45, 2.75) is 137 Å². The van der Waals surface area contributed by atoms with Gasteiger partial charge in [0.2, 0.25) is 0 Å². The predicted octanol–water partition coefficient (Wildman–Crippen LogP) is 11.6. The van der Waals surface area contributed by atoms with Gasteiger partial charge >= 0.3 is 0 Å². The van der Waals surface area contributed by atoms with Crippen molar-refractivity contribution in [3.63, 3.8) is 0 Å². The molecule has 0 saturated heterocycles. The number of anilines is 1. The highest BCUT2D eigenvalue weighted by molar-refractivity contribution is 5.71. The largest absolute Gasteiger partial charge is 0.385 e. The lowest BCUT2D eigenvalue weighted by atomic mass is 9.57. The van der Waals surface area contributed by atoms with Crippen LogP contribution in [0.4, 0.5) is 5.69 Å². The molecule has 1 atom stereocenters. The van der Waals surface area contributed by atoms with E-state index in [1.807, 2.05) is 0 Å². The van der Waals surface area contributed by atoms with Crippen molar-refractivity contribution < 1.29 is 0 Å². The number of benzene rings is 2. The molecule has 2 aliphatic rings. The normalized spacial score (nSPS) is 23.3. The minimum Gasteiger partial charge on any atom is -0.385 e. The van der Waals surface area contributed by atoms with Crippen LogP contribution in [0.15, 0.2) is 36.4 Å². The zero-order valence-corrected chi connectivity index (χ0v) is 25.5. The minimum absolute atomic E-state index is 0.662. The number of hydrogen-bond donors (Lipinski definition) is 1. The van der Waals surface area contributed by atoms with Crippen LogP contribution >= 0.6 is 0 Å². The average molecular weight is 516 g/mol. The molecule has 2 fully saturated rings. The molecule has 2 aromatic rings. The van der Waals surface area contributed by atoms with Gasteiger partial charge in [-0.3, -0.25) is 0 Å². The SMILES string of the molecule is CCCCCC1(C2CCCCC2)CCC(C(C)c2ccc(-c3ccc(NCCCC)cc3C)cc2C)CC1. The molecule has 1 heteroatoms. The Hall–Kier alpha value is -1.76. The lowest BCUT2D eigenvalue weighted by Gasteiger charge is -2.48. The third-order valence-electron chi connectivity index (χ3n) is 10.6. The smallest absolute Gasteiger partial charge is 0.0343 e. The third kappa shape index (κ3) is 7.05. The Morgan fingerprint density at radius 3 is 2.21 bits per heavy atom. The molecular weight excluding hydrogens is 458 g/mol. The van der Waals surface area contributed by atoms with E-state index in [9.17, 15) is 0 Å². The van der Waals surface area contributed by atoms with Gasteiger partial charge in [-0.05, 0) is 128 Å². The summed E-state index contributed by atoms with van der Waals surface area (Å²) in [6.45, 7) is 12.8. The van der Waals surface area contributed by atoms with E-state index in [4.69, 9.17) is 0 Å². The van der Waals surface area contributed by atoms with Gasteiger partial charge in [-0.25, -0.2) is 0 Å². The fourth-order valence-corrected chi connectivity index (χ4v) is 8.13. The van der Waals surface area contributed by atoms with Crippen molar-refractivity contribution in [3.05, 3.63) is 53.1 Å². The van der Waals surface area contributed by atoms with Crippen molar-refractivity contribution in [3.8, 4) is 11.1 Å². The summed E-state index contributed by atoms with van der Waals surface area (Å²) in [5.74, 6) is 2.52. The quantitative estimate of drug-likeness (QED) is 0.277. The van der Waals surface area contributed by atoms with E-state index in [0.29, 0.717) is 11.3 Å². The zero-order chi connectivity index (χ0) is 27.0. The number of rotatable bonds is 12. The topological polar surface area (TPSA) is 12.0 Å². The lowest BCUT2D eigenvalue weighted by molar-refractivity contribution is 0.0330. The average Bonchev–Trinajstić information content (AvgIpc) is 2.94. The summed E-state index contributed by atoms with van der Waals surface area (Å²) in [6.07, 6.45) is 21.6. The molecular formula is C37H57N. The highest BCUT2D eigenvalue weighted by Gasteiger charge is 2.42. The maximum atomic E-state index is 3.58. The first kappa shape index (κ1) is 29.2. The van der Waals surface area contributed by atoms with Gasteiger partial charge in [0.05, 0.1) is 0 Å². The second kappa shape index (κ2) is 14.0. The summed E-state index contributed by atoms with van der Waals surface area (Å²) in [5.41, 5.74) is 9.08. The molecule has 38 heavy (non-hydrogen) atoms. The second-order valence-electron chi connectivity index (χ2n) is 13.2. The van der Waals surface area contributed by atoms with E-state index in [1.54, 1.807) is 5.56 Å². The standard InChI is InChI=1S/C37H57N/c1-6-8-13-22-37(33-14-11-10-12-15-33)23-20-31(21-24-37)30(5)35-18-16-32(26-28(35)3)36-19-17-34(27-29(36)4)38-25-9-7-2/h16-19,26-27,30-31,33,38H,6-15,20-25H2,1-5H3. The van der Waals surface area contributed by atoms with Crippen LogP contribution in [0.3, 0.4) is 0 Å². The number of hydrogen-bond acceptors (Lipinski definition) is 1. The molecule has 0 spiro atoms. The van der Waals surface area contributed by atoms with E-state index < -0.39 is 0 Å². The van der Waals surface area contributed by atoms with Crippen LogP contribution in [-0.4, -0.2) is 6.54 Å². The lowest BCUT2D eigenvalue weighted by Crippen LogP contribution is -2.37. The van der Waals surface area contributed by atoms with Gasteiger partial charge in [-0.1, -0.05) is 90.0 Å². The Morgan fingerprint density at radius 2 is 1.55 bits per heavy atom. The molecule has 0 amide bonds. The van der Waals surface area contributed by atoms with Crippen LogP contribution in [0.25, 0.3) is 11.1 Å². The molecule has 1 N–H and O–H groups in total. The Balaban J connectivity index is 1.42. The highest BCUT2D eigenvalue weighted by Crippen LogP contribution is 2.54. The monoisotopic (exact) mass is 515 g/mol. The van der Waals surface area contributed by atoms with Gasteiger partial charge in [-0.15, -0.1) is 0 Å². The molecule has 1 nitrogen and oxygen atoms in total. The van der Waals surface area contributed by atoms with E-state index >= 15 is 0 Å². The first-order chi connectivity index (χ1) is 18.5. The molecule has 0 aromatic heterocycles. The first-order valence-electron chi connectivity index (χ1n) is 16.4. The molecule has 4 rings (SSSR count). The van der Waals surface area contributed by atoms with E-state index in [-0.39, 0.29) is 0 Å². The summed E-state index contributed by atoms with van der Waals surface area (Å²) in [4.78, 5) is 0. The minimum atomic E-state index is 0.662. The fourth-order valence-electron chi connectivity index (χ4n) is 8.13. The van der Waals surface area contributed by atoms with Crippen molar-refractivity contribution in [2.24, 2.45) is 17.3 Å². The molecule has 2 aliphatic carbocycles. The predicted molar refractivity (Wildman–Crippen MR) is 168 cm³/mol. The van der Waals surface area contributed by atoms with Crippen LogP contribution in [0.1, 0.15) is 140 Å². The van der Waals surface area contributed by atoms with Gasteiger partial charge in [0.15, 0.2) is 0 Å². The fraction of sp³-hybridized carbons (Fsp3) is 0.676.